The van der Waals surface area contributed by atoms with Crippen LogP contribution in [0.5, 0.6) is 0 Å². The van der Waals surface area contributed by atoms with Crippen LogP contribution in [0.4, 0.5) is 4.39 Å². The number of likely N-dealkylation sites (tertiary alicyclic amines) is 2. The summed E-state index contributed by atoms with van der Waals surface area (Å²) >= 11 is 0. The van der Waals surface area contributed by atoms with E-state index < -0.39 is 0 Å². The summed E-state index contributed by atoms with van der Waals surface area (Å²) in [4.78, 5) is 22.0. The lowest BCUT2D eigenvalue weighted by Gasteiger charge is -2.39. The van der Waals surface area contributed by atoms with Gasteiger partial charge in [-0.1, -0.05) is 12.1 Å². The van der Waals surface area contributed by atoms with E-state index in [1.54, 1.807) is 24.5 Å². The molecule has 1 aliphatic carbocycles. The number of carbonyl (C=O) groups excluding carboxylic acids is 1. The molecule has 1 aromatic carbocycles. The number of benzene rings is 1. The highest BCUT2D eigenvalue weighted by atomic mass is 19.1. The maximum atomic E-state index is 13.5. The van der Waals surface area contributed by atoms with Crippen LogP contribution in [0.1, 0.15) is 41.1 Å². The molecule has 0 radical (unpaired) electrons. The molecule has 0 bridgehead atoms. The minimum Gasteiger partial charge on any atom is -0.335 e. The molecule has 1 saturated carbocycles. The molecule has 2 aliphatic heterocycles. The highest BCUT2D eigenvalue weighted by Gasteiger charge is 2.47. The predicted octanol–water partition coefficient (Wildman–Crippen LogP) is 3.56. The Morgan fingerprint density at radius 2 is 1.93 bits per heavy atom. The number of pyridine rings is 1. The van der Waals surface area contributed by atoms with E-state index in [1.165, 1.54) is 19.4 Å². The van der Waals surface area contributed by atoms with Gasteiger partial charge in [-0.3, -0.25) is 9.78 Å². The number of amides is 1. The molecule has 0 spiro atoms. The smallest absolute Gasteiger partial charge is 0.255 e. The summed E-state index contributed by atoms with van der Waals surface area (Å²) in [6, 6.07) is 10.8. The van der Waals surface area contributed by atoms with Crippen LogP contribution < -0.4 is 0 Å². The third-order valence-electron chi connectivity index (χ3n) is 6.70. The van der Waals surface area contributed by atoms with E-state index in [9.17, 15) is 9.18 Å². The number of rotatable bonds is 4. The molecule has 1 amide bonds. The van der Waals surface area contributed by atoms with Gasteiger partial charge in [0.15, 0.2) is 0 Å². The topological polar surface area (TPSA) is 36.4 Å². The highest BCUT2D eigenvalue weighted by Crippen LogP contribution is 2.43. The van der Waals surface area contributed by atoms with Crippen molar-refractivity contribution in [2.24, 2.45) is 11.8 Å². The standard InChI is InChI=1S/C23H26FN3O/c24-19-7-5-17(6-8-19)20-15-27(23(28)18-2-1-10-25-12-18)22-9-11-26(14-21(20)22)13-16-3-4-16/h1-2,5-8,10,12,16,20-22H,3-4,9,11,13-15H2/t20-,21-,22-/m0/s1. The molecule has 1 aromatic heterocycles. The number of aromatic nitrogens is 1. The number of halogens is 1. The monoisotopic (exact) mass is 379 g/mol. The van der Waals surface area contributed by atoms with Crippen molar-refractivity contribution in [2.75, 3.05) is 26.2 Å². The summed E-state index contributed by atoms with van der Waals surface area (Å²) < 4.78 is 13.5. The van der Waals surface area contributed by atoms with E-state index in [2.05, 4.69) is 14.8 Å². The van der Waals surface area contributed by atoms with Gasteiger partial charge in [0.05, 0.1) is 5.56 Å². The van der Waals surface area contributed by atoms with Gasteiger partial charge in [0, 0.05) is 56.5 Å². The molecule has 5 rings (SSSR count). The lowest BCUT2D eigenvalue weighted by Crippen LogP contribution is -2.48. The zero-order chi connectivity index (χ0) is 19.1. The largest absolute Gasteiger partial charge is 0.335 e. The Labute approximate surface area is 165 Å². The van der Waals surface area contributed by atoms with E-state index in [1.807, 2.05) is 24.3 Å². The molecule has 4 nitrogen and oxygen atoms in total. The summed E-state index contributed by atoms with van der Waals surface area (Å²) in [5.74, 6) is 1.39. The molecule has 3 aliphatic rings. The quantitative estimate of drug-likeness (QED) is 0.815. The zero-order valence-corrected chi connectivity index (χ0v) is 16.0. The second-order valence-electron chi connectivity index (χ2n) is 8.58. The first-order valence-electron chi connectivity index (χ1n) is 10.4. The van der Waals surface area contributed by atoms with Crippen molar-refractivity contribution in [3.05, 3.63) is 65.7 Å². The van der Waals surface area contributed by atoms with Crippen molar-refractivity contribution < 1.29 is 9.18 Å². The average Bonchev–Trinajstić information content (AvgIpc) is 3.47. The molecule has 3 fully saturated rings. The molecule has 2 aromatic rings. The summed E-state index contributed by atoms with van der Waals surface area (Å²) in [5, 5.41) is 0. The highest BCUT2D eigenvalue weighted by molar-refractivity contribution is 5.94. The Bertz CT molecular complexity index is 837. The van der Waals surface area contributed by atoms with Gasteiger partial charge in [-0.15, -0.1) is 0 Å². The maximum Gasteiger partial charge on any atom is 0.255 e. The number of carbonyl (C=O) groups is 1. The van der Waals surface area contributed by atoms with Crippen LogP contribution >= 0.6 is 0 Å². The fraction of sp³-hybridized carbons (Fsp3) is 0.478. The first kappa shape index (κ1) is 17.8. The Kier molecular flexibility index (Phi) is 4.63. The number of hydrogen-bond acceptors (Lipinski definition) is 3. The van der Waals surface area contributed by atoms with Crippen LogP contribution in [0.2, 0.25) is 0 Å². The average molecular weight is 379 g/mol. The van der Waals surface area contributed by atoms with Crippen molar-refractivity contribution in [1.29, 1.82) is 0 Å². The molecule has 146 valence electrons. The summed E-state index contributed by atoms with van der Waals surface area (Å²) in [7, 11) is 0. The van der Waals surface area contributed by atoms with E-state index in [0.29, 0.717) is 18.0 Å². The Morgan fingerprint density at radius 1 is 1.11 bits per heavy atom. The minimum absolute atomic E-state index is 0.0726. The van der Waals surface area contributed by atoms with Crippen LogP contribution in [0.15, 0.2) is 48.8 Å². The molecule has 0 unspecified atom stereocenters. The van der Waals surface area contributed by atoms with Crippen molar-refractivity contribution in [2.45, 2.75) is 31.2 Å². The lowest BCUT2D eigenvalue weighted by atomic mass is 9.81. The van der Waals surface area contributed by atoms with Crippen LogP contribution in [0, 0.1) is 17.7 Å². The number of fused-ring (bicyclic) bond motifs is 1. The first-order chi connectivity index (χ1) is 13.7. The van der Waals surface area contributed by atoms with Gasteiger partial charge >= 0.3 is 0 Å². The number of hydrogen-bond donors (Lipinski definition) is 0. The van der Waals surface area contributed by atoms with Gasteiger partial charge in [-0.25, -0.2) is 4.39 Å². The summed E-state index contributed by atoms with van der Waals surface area (Å²) in [5.41, 5.74) is 1.80. The SMILES string of the molecule is O=C(c1cccnc1)N1C[C@@H](c2ccc(F)cc2)[C@@H]2CN(CC3CC3)CC[C@@H]21. The molecular weight excluding hydrogens is 353 g/mol. The van der Waals surface area contributed by atoms with Crippen LogP contribution in [-0.2, 0) is 0 Å². The molecule has 5 heteroatoms. The molecular formula is C23H26FN3O. The van der Waals surface area contributed by atoms with Crippen molar-refractivity contribution in [1.82, 2.24) is 14.8 Å². The van der Waals surface area contributed by atoms with Crippen molar-refractivity contribution in [3.63, 3.8) is 0 Å². The van der Waals surface area contributed by atoms with Crippen LogP contribution in [-0.4, -0.2) is 52.9 Å². The van der Waals surface area contributed by atoms with Gasteiger partial charge in [-0.05, 0) is 55.0 Å². The van der Waals surface area contributed by atoms with Gasteiger partial charge in [0.25, 0.3) is 5.91 Å². The Morgan fingerprint density at radius 3 is 2.64 bits per heavy atom. The number of nitrogens with zero attached hydrogens (tertiary/aromatic N) is 3. The van der Waals surface area contributed by atoms with Gasteiger partial charge in [-0.2, -0.15) is 0 Å². The minimum atomic E-state index is -0.208. The normalized spacial score (nSPS) is 27.6. The molecule has 3 atom stereocenters. The zero-order valence-electron chi connectivity index (χ0n) is 16.0. The number of piperidine rings is 1. The second kappa shape index (κ2) is 7.28. The van der Waals surface area contributed by atoms with E-state index in [-0.39, 0.29) is 23.7 Å². The fourth-order valence-corrected chi connectivity index (χ4v) is 5.09. The van der Waals surface area contributed by atoms with Gasteiger partial charge < -0.3 is 9.80 Å². The lowest BCUT2D eigenvalue weighted by molar-refractivity contribution is 0.0617. The third kappa shape index (κ3) is 3.44. The fourth-order valence-electron chi connectivity index (χ4n) is 5.09. The molecule has 2 saturated heterocycles. The van der Waals surface area contributed by atoms with Gasteiger partial charge in [0.1, 0.15) is 5.82 Å². The summed E-state index contributed by atoms with van der Waals surface area (Å²) in [6.45, 7) is 3.98. The van der Waals surface area contributed by atoms with Crippen molar-refractivity contribution in [3.8, 4) is 0 Å². The molecule has 0 N–H and O–H groups in total. The predicted molar refractivity (Wildman–Crippen MR) is 105 cm³/mol. The Hall–Kier alpha value is -2.27. The van der Waals surface area contributed by atoms with E-state index in [0.717, 1.165) is 31.0 Å². The van der Waals surface area contributed by atoms with E-state index >= 15 is 0 Å². The second-order valence-corrected chi connectivity index (χ2v) is 8.58. The third-order valence-corrected chi connectivity index (χ3v) is 6.70. The molecule has 3 heterocycles. The van der Waals surface area contributed by atoms with Crippen molar-refractivity contribution >= 4 is 5.91 Å². The summed E-state index contributed by atoms with van der Waals surface area (Å²) in [6.07, 6.45) is 7.09. The Balaban J connectivity index is 1.42. The first-order valence-corrected chi connectivity index (χ1v) is 10.4. The van der Waals surface area contributed by atoms with Crippen LogP contribution in [0.3, 0.4) is 0 Å². The maximum absolute atomic E-state index is 13.5. The van der Waals surface area contributed by atoms with E-state index in [4.69, 9.17) is 0 Å². The van der Waals surface area contributed by atoms with Gasteiger partial charge in [0.2, 0.25) is 0 Å². The molecule has 28 heavy (non-hydrogen) atoms. The van der Waals surface area contributed by atoms with Crippen LogP contribution in [0.25, 0.3) is 0 Å².